The number of nitrogens with zero attached hydrogens (tertiary/aromatic N) is 1. The van der Waals surface area contributed by atoms with Gasteiger partial charge in [0.1, 0.15) is 6.04 Å². The molecule has 5 heteroatoms. The zero-order chi connectivity index (χ0) is 15.0. The van der Waals surface area contributed by atoms with E-state index < -0.39 is 5.97 Å². The average molecular weight is 321 g/mol. The molecule has 0 bridgehead atoms. The molecule has 0 amide bonds. The second-order valence-corrected chi connectivity index (χ2v) is 7.82. The summed E-state index contributed by atoms with van der Waals surface area (Å²) in [6.07, 6.45) is 1.71. The smallest absolute Gasteiger partial charge is 0.320 e. The molecule has 112 valence electrons. The van der Waals surface area contributed by atoms with Crippen LogP contribution in [0.2, 0.25) is 0 Å². The van der Waals surface area contributed by atoms with Crippen LogP contribution in [0.5, 0.6) is 0 Å². The summed E-state index contributed by atoms with van der Waals surface area (Å²) in [5.74, 6) is -0.694. The molecule has 0 radical (unpaired) electrons. The third-order valence-electron chi connectivity index (χ3n) is 4.09. The minimum Gasteiger partial charge on any atom is -0.480 e. The van der Waals surface area contributed by atoms with E-state index in [0.717, 1.165) is 19.4 Å². The first-order valence-electron chi connectivity index (χ1n) is 7.17. The Hall–Kier alpha value is -1.17. The Bertz CT molecular complexity index is 646. The van der Waals surface area contributed by atoms with E-state index in [1.165, 1.54) is 20.2 Å². The van der Waals surface area contributed by atoms with Crippen molar-refractivity contribution in [3.8, 4) is 0 Å². The average Bonchev–Trinajstić information content (AvgIpc) is 3.13. The highest BCUT2D eigenvalue weighted by Gasteiger charge is 2.38. The SMILES string of the molecule is Cc1ccc(C(c2sccc2C)N2CCCC2C(=O)O)s1. The van der Waals surface area contributed by atoms with Crippen LogP contribution in [0, 0.1) is 13.8 Å². The molecule has 1 N–H and O–H groups in total. The third-order valence-corrected chi connectivity index (χ3v) is 6.22. The van der Waals surface area contributed by atoms with Crippen molar-refractivity contribution in [3.63, 3.8) is 0 Å². The van der Waals surface area contributed by atoms with Crippen LogP contribution in [0.25, 0.3) is 0 Å². The van der Waals surface area contributed by atoms with E-state index in [1.54, 1.807) is 22.7 Å². The maximum atomic E-state index is 11.6. The lowest BCUT2D eigenvalue weighted by molar-refractivity contribution is -0.142. The molecular formula is C16H19NO2S2. The predicted molar refractivity (Wildman–Crippen MR) is 87.3 cm³/mol. The number of likely N-dealkylation sites (tertiary alicyclic amines) is 1. The fourth-order valence-electron chi connectivity index (χ4n) is 3.07. The fraction of sp³-hybridized carbons (Fsp3) is 0.438. The molecule has 1 aliphatic heterocycles. The summed E-state index contributed by atoms with van der Waals surface area (Å²) in [6.45, 7) is 5.08. The van der Waals surface area contributed by atoms with Crippen LogP contribution in [-0.4, -0.2) is 28.6 Å². The van der Waals surface area contributed by atoms with Gasteiger partial charge in [-0.15, -0.1) is 22.7 Å². The van der Waals surface area contributed by atoms with E-state index in [4.69, 9.17) is 0 Å². The number of hydrogen-bond donors (Lipinski definition) is 1. The first-order chi connectivity index (χ1) is 10.1. The molecule has 0 aromatic carbocycles. The van der Waals surface area contributed by atoms with Crippen molar-refractivity contribution in [2.24, 2.45) is 0 Å². The second-order valence-electron chi connectivity index (χ2n) is 5.55. The highest BCUT2D eigenvalue weighted by molar-refractivity contribution is 7.13. The number of carbonyl (C=O) groups is 1. The molecule has 3 heterocycles. The van der Waals surface area contributed by atoms with Gasteiger partial charge in [0.25, 0.3) is 0 Å². The molecule has 2 unspecified atom stereocenters. The standard InChI is InChI=1S/C16H19NO2S2/c1-10-7-9-20-15(10)14(13-6-5-11(2)21-13)17-8-3-4-12(17)16(18)19/h5-7,9,12,14H,3-4,8H2,1-2H3,(H,18,19). The summed E-state index contributed by atoms with van der Waals surface area (Å²) >= 11 is 3.51. The Morgan fingerprint density at radius 3 is 2.76 bits per heavy atom. The normalized spacial score (nSPS) is 20.8. The molecule has 3 nitrogen and oxygen atoms in total. The van der Waals surface area contributed by atoms with Gasteiger partial charge in [-0.05, 0) is 55.8 Å². The van der Waals surface area contributed by atoms with Gasteiger partial charge in [-0.2, -0.15) is 0 Å². The molecule has 1 saturated heterocycles. The lowest BCUT2D eigenvalue weighted by atomic mass is 10.1. The molecule has 3 rings (SSSR count). The summed E-state index contributed by atoms with van der Waals surface area (Å²) in [7, 11) is 0. The van der Waals surface area contributed by atoms with Gasteiger partial charge >= 0.3 is 5.97 Å². The zero-order valence-electron chi connectivity index (χ0n) is 12.2. The molecule has 0 spiro atoms. The van der Waals surface area contributed by atoms with Gasteiger partial charge in [0, 0.05) is 21.2 Å². The number of hydrogen-bond acceptors (Lipinski definition) is 4. The van der Waals surface area contributed by atoms with Crippen molar-refractivity contribution >= 4 is 28.6 Å². The van der Waals surface area contributed by atoms with Crippen LogP contribution in [0.15, 0.2) is 23.6 Å². The Kier molecular flexibility index (Phi) is 4.15. The maximum Gasteiger partial charge on any atom is 0.320 e. The van der Waals surface area contributed by atoms with Crippen molar-refractivity contribution in [2.75, 3.05) is 6.54 Å². The van der Waals surface area contributed by atoms with Crippen molar-refractivity contribution in [1.29, 1.82) is 0 Å². The van der Waals surface area contributed by atoms with Crippen LogP contribution in [0.4, 0.5) is 0 Å². The van der Waals surface area contributed by atoms with Gasteiger partial charge in [0.05, 0.1) is 6.04 Å². The lowest BCUT2D eigenvalue weighted by Crippen LogP contribution is -2.38. The number of rotatable bonds is 4. The number of carboxylic acids is 1. The van der Waals surface area contributed by atoms with Crippen LogP contribution in [0.3, 0.4) is 0 Å². The fourth-order valence-corrected chi connectivity index (χ4v) is 5.22. The van der Waals surface area contributed by atoms with Crippen molar-refractivity contribution in [1.82, 2.24) is 4.90 Å². The van der Waals surface area contributed by atoms with Crippen LogP contribution in [-0.2, 0) is 4.79 Å². The number of aryl methyl sites for hydroxylation is 2. The monoisotopic (exact) mass is 321 g/mol. The molecule has 0 saturated carbocycles. The van der Waals surface area contributed by atoms with E-state index in [-0.39, 0.29) is 12.1 Å². The molecule has 2 aromatic rings. The number of aliphatic carboxylic acids is 1. The number of carboxylic acid groups (broad SMARTS) is 1. The maximum absolute atomic E-state index is 11.6. The van der Waals surface area contributed by atoms with Crippen molar-refractivity contribution in [2.45, 2.75) is 38.8 Å². The molecule has 2 atom stereocenters. The Labute approximate surface area is 132 Å². The lowest BCUT2D eigenvalue weighted by Gasteiger charge is -2.30. The molecule has 21 heavy (non-hydrogen) atoms. The van der Waals surface area contributed by atoms with E-state index in [9.17, 15) is 9.90 Å². The first kappa shape index (κ1) is 14.8. The van der Waals surface area contributed by atoms with E-state index in [1.807, 2.05) is 0 Å². The van der Waals surface area contributed by atoms with Gasteiger partial charge in [-0.3, -0.25) is 9.69 Å². The van der Waals surface area contributed by atoms with E-state index >= 15 is 0 Å². The predicted octanol–water partition coefficient (Wildman–Crippen LogP) is 4.06. The van der Waals surface area contributed by atoms with Gasteiger partial charge in [0.2, 0.25) is 0 Å². The van der Waals surface area contributed by atoms with E-state index in [2.05, 4.69) is 42.3 Å². The molecule has 0 aliphatic carbocycles. The van der Waals surface area contributed by atoms with Crippen LogP contribution in [0.1, 0.15) is 39.1 Å². The van der Waals surface area contributed by atoms with Gasteiger partial charge in [-0.1, -0.05) is 0 Å². The largest absolute Gasteiger partial charge is 0.480 e. The summed E-state index contributed by atoms with van der Waals surface area (Å²) in [6, 6.07) is 6.13. The Balaban J connectivity index is 2.04. The first-order valence-corrected chi connectivity index (χ1v) is 8.86. The second kappa shape index (κ2) is 5.91. The van der Waals surface area contributed by atoms with Gasteiger partial charge in [0.15, 0.2) is 0 Å². The topological polar surface area (TPSA) is 40.5 Å². The van der Waals surface area contributed by atoms with Gasteiger partial charge in [-0.25, -0.2) is 0 Å². The Morgan fingerprint density at radius 1 is 1.38 bits per heavy atom. The highest BCUT2D eigenvalue weighted by atomic mass is 32.1. The van der Waals surface area contributed by atoms with Gasteiger partial charge < -0.3 is 5.11 Å². The van der Waals surface area contributed by atoms with Crippen LogP contribution >= 0.6 is 22.7 Å². The summed E-state index contributed by atoms with van der Waals surface area (Å²) in [4.78, 5) is 17.6. The molecular weight excluding hydrogens is 302 g/mol. The minimum atomic E-state index is -0.694. The third kappa shape index (κ3) is 2.78. The summed E-state index contributed by atoms with van der Waals surface area (Å²) in [5, 5.41) is 11.6. The van der Waals surface area contributed by atoms with E-state index in [0.29, 0.717) is 0 Å². The van der Waals surface area contributed by atoms with Crippen molar-refractivity contribution < 1.29 is 9.90 Å². The summed E-state index contributed by atoms with van der Waals surface area (Å²) < 4.78 is 0. The quantitative estimate of drug-likeness (QED) is 0.923. The number of thiophene rings is 2. The van der Waals surface area contributed by atoms with Crippen molar-refractivity contribution in [3.05, 3.63) is 43.8 Å². The zero-order valence-corrected chi connectivity index (χ0v) is 13.8. The molecule has 1 aliphatic rings. The Morgan fingerprint density at radius 2 is 2.19 bits per heavy atom. The van der Waals surface area contributed by atoms with Crippen LogP contribution < -0.4 is 0 Å². The molecule has 2 aromatic heterocycles. The molecule has 1 fully saturated rings. The minimum absolute atomic E-state index is 0.0901. The summed E-state index contributed by atoms with van der Waals surface area (Å²) in [5.41, 5.74) is 1.26. The highest BCUT2D eigenvalue weighted by Crippen LogP contribution is 2.41.